The first-order valence-electron chi connectivity index (χ1n) is 10.5. The zero-order valence-electron chi connectivity index (χ0n) is 17.8. The van der Waals surface area contributed by atoms with Crippen molar-refractivity contribution in [2.75, 3.05) is 0 Å². The van der Waals surface area contributed by atoms with Crippen molar-refractivity contribution >= 4 is 11.9 Å². The van der Waals surface area contributed by atoms with E-state index >= 15 is 0 Å². The van der Waals surface area contributed by atoms with Gasteiger partial charge in [-0.05, 0) is 50.5 Å². The molecule has 0 bridgehead atoms. The van der Waals surface area contributed by atoms with Crippen LogP contribution >= 0.6 is 0 Å². The zero-order chi connectivity index (χ0) is 21.2. The molecule has 0 heterocycles. The zero-order valence-corrected chi connectivity index (χ0v) is 17.8. The van der Waals surface area contributed by atoms with Crippen LogP contribution < -0.4 is 0 Å². The van der Waals surface area contributed by atoms with E-state index in [9.17, 15) is 9.59 Å². The number of benzene rings is 2. The van der Waals surface area contributed by atoms with Crippen LogP contribution in [-0.2, 0) is 9.47 Å². The fourth-order valence-corrected chi connectivity index (χ4v) is 3.98. The van der Waals surface area contributed by atoms with Crippen LogP contribution in [0.15, 0.2) is 60.7 Å². The summed E-state index contributed by atoms with van der Waals surface area (Å²) in [4.78, 5) is 25.1. The first kappa shape index (κ1) is 22.7. The Balaban J connectivity index is 2.10. The Bertz CT molecular complexity index is 757. The van der Waals surface area contributed by atoms with Crippen molar-refractivity contribution in [3.05, 3.63) is 71.8 Å². The van der Waals surface area contributed by atoms with Crippen LogP contribution in [-0.4, -0.2) is 24.1 Å². The van der Waals surface area contributed by atoms with Gasteiger partial charge in [0.2, 0.25) is 0 Å². The first-order chi connectivity index (χ1) is 14.0. The summed E-state index contributed by atoms with van der Waals surface area (Å²) in [5, 5.41) is 0. The topological polar surface area (TPSA) is 52.6 Å². The summed E-state index contributed by atoms with van der Waals surface area (Å²) in [6.45, 7) is 8.15. The van der Waals surface area contributed by atoms with Crippen molar-refractivity contribution in [3.8, 4) is 0 Å². The molecular weight excluding hydrogens is 364 g/mol. The first-order valence-corrected chi connectivity index (χ1v) is 10.5. The molecule has 2 rings (SSSR count). The van der Waals surface area contributed by atoms with Crippen LogP contribution in [0.4, 0.5) is 0 Å². The highest BCUT2D eigenvalue weighted by Gasteiger charge is 2.34. The predicted molar refractivity (Wildman–Crippen MR) is 115 cm³/mol. The van der Waals surface area contributed by atoms with E-state index < -0.39 is 0 Å². The molecule has 0 aliphatic rings. The fraction of sp³-hybridized carbons (Fsp3) is 0.440. The van der Waals surface area contributed by atoms with Crippen LogP contribution in [0.1, 0.15) is 67.7 Å². The monoisotopic (exact) mass is 396 g/mol. The lowest BCUT2D eigenvalue weighted by Gasteiger charge is -2.35. The Morgan fingerprint density at radius 3 is 1.55 bits per heavy atom. The number of esters is 2. The van der Waals surface area contributed by atoms with E-state index in [1.165, 1.54) is 0 Å². The molecule has 0 spiro atoms. The molecule has 156 valence electrons. The Morgan fingerprint density at radius 2 is 1.14 bits per heavy atom. The van der Waals surface area contributed by atoms with Gasteiger partial charge < -0.3 is 9.47 Å². The lowest BCUT2D eigenvalue weighted by Crippen LogP contribution is -2.38. The summed E-state index contributed by atoms with van der Waals surface area (Å²) >= 11 is 0. The Labute approximate surface area is 174 Å². The number of rotatable bonds is 10. The van der Waals surface area contributed by atoms with Crippen LogP contribution in [0.25, 0.3) is 0 Å². The molecule has 0 N–H and O–H groups in total. The molecule has 0 radical (unpaired) electrons. The summed E-state index contributed by atoms with van der Waals surface area (Å²) in [6, 6.07) is 18.1. The minimum Gasteiger partial charge on any atom is -0.459 e. The molecule has 4 nitrogen and oxygen atoms in total. The van der Waals surface area contributed by atoms with Crippen molar-refractivity contribution in [1.29, 1.82) is 0 Å². The van der Waals surface area contributed by atoms with Gasteiger partial charge in [0.1, 0.15) is 12.2 Å². The van der Waals surface area contributed by atoms with Gasteiger partial charge in [0.15, 0.2) is 0 Å². The molecule has 4 unspecified atom stereocenters. The van der Waals surface area contributed by atoms with Gasteiger partial charge in [-0.1, -0.05) is 57.2 Å². The summed E-state index contributed by atoms with van der Waals surface area (Å²) in [6.07, 6.45) is 1.89. The maximum absolute atomic E-state index is 12.6. The molecule has 0 fully saturated rings. The second-order valence-corrected chi connectivity index (χ2v) is 7.34. The summed E-state index contributed by atoms with van der Waals surface area (Å²) in [5.74, 6) is -0.419. The molecule has 0 aliphatic heterocycles. The van der Waals surface area contributed by atoms with Gasteiger partial charge in [-0.2, -0.15) is 0 Å². The molecule has 0 saturated carbocycles. The second kappa shape index (κ2) is 11.4. The molecule has 2 aromatic rings. The molecule has 0 aromatic heterocycles. The number of carbonyl (C=O) groups is 2. The predicted octanol–water partition coefficient (Wildman–Crippen LogP) is 5.92. The van der Waals surface area contributed by atoms with E-state index in [0.717, 1.165) is 12.8 Å². The highest BCUT2D eigenvalue weighted by atomic mass is 16.5. The van der Waals surface area contributed by atoms with Crippen molar-refractivity contribution in [3.63, 3.8) is 0 Å². The average molecular weight is 397 g/mol. The largest absolute Gasteiger partial charge is 0.459 e. The number of ether oxygens (including phenoxy) is 2. The molecular formula is C25H32O4. The number of hydrogen-bond acceptors (Lipinski definition) is 4. The van der Waals surface area contributed by atoms with Crippen molar-refractivity contribution in [1.82, 2.24) is 0 Å². The maximum atomic E-state index is 12.6. The normalized spacial score (nSPS) is 15.0. The third kappa shape index (κ3) is 6.18. The maximum Gasteiger partial charge on any atom is 0.338 e. The van der Waals surface area contributed by atoms with Crippen molar-refractivity contribution in [2.24, 2.45) is 11.8 Å². The molecule has 2 aromatic carbocycles. The van der Waals surface area contributed by atoms with Gasteiger partial charge in [-0.25, -0.2) is 9.59 Å². The van der Waals surface area contributed by atoms with Crippen molar-refractivity contribution in [2.45, 2.75) is 59.2 Å². The summed E-state index contributed by atoms with van der Waals surface area (Å²) in [5.41, 5.74) is 1.10. The van der Waals surface area contributed by atoms with Crippen LogP contribution in [0.2, 0.25) is 0 Å². The van der Waals surface area contributed by atoms with Gasteiger partial charge in [0.25, 0.3) is 0 Å². The SMILES string of the molecule is CCC(OC(=O)c1ccccc1)C(CC)C(CC)C(C)OC(=O)c1ccccc1. The van der Waals surface area contributed by atoms with Crippen LogP contribution in [0.5, 0.6) is 0 Å². The van der Waals surface area contributed by atoms with E-state index in [2.05, 4.69) is 13.8 Å². The van der Waals surface area contributed by atoms with Gasteiger partial charge in [-0.15, -0.1) is 0 Å². The smallest absolute Gasteiger partial charge is 0.338 e. The molecule has 0 aliphatic carbocycles. The average Bonchev–Trinajstić information content (AvgIpc) is 2.76. The lowest BCUT2D eigenvalue weighted by molar-refractivity contribution is -0.0314. The number of hydrogen-bond donors (Lipinski definition) is 0. The molecule has 0 saturated heterocycles. The van der Waals surface area contributed by atoms with Crippen molar-refractivity contribution < 1.29 is 19.1 Å². The van der Waals surface area contributed by atoms with E-state index in [1.807, 2.05) is 50.2 Å². The minimum atomic E-state index is -0.319. The third-order valence-electron chi connectivity index (χ3n) is 5.55. The molecule has 0 amide bonds. The second-order valence-electron chi connectivity index (χ2n) is 7.34. The summed E-state index contributed by atoms with van der Waals surface area (Å²) in [7, 11) is 0. The lowest BCUT2D eigenvalue weighted by atomic mass is 9.79. The quantitative estimate of drug-likeness (QED) is 0.468. The minimum absolute atomic E-state index is 0.0983. The summed E-state index contributed by atoms with van der Waals surface area (Å²) < 4.78 is 11.7. The number of carbonyl (C=O) groups excluding carboxylic acids is 2. The highest BCUT2D eigenvalue weighted by molar-refractivity contribution is 5.89. The molecule has 4 heteroatoms. The standard InChI is InChI=1S/C25H32O4/c1-5-21(18(4)28-24(26)19-14-10-8-11-15-19)22(6-2)23(7-3)29-25(27)20-16-12-9-13-17-20/h8-18,21-23H,5-7H2,1-4H3. The van der Waals surface area contributed by atoms with Gasteiger partial charge in [0, 0.05) is 11.8 Å². The Hall–Kier alpha value is -2.62. The van der Waals surface area contributed by atoms with Crippen LogP contribution in [0, 0.1) is 11.8 Å². The third-order valence-corrected chi connectivity index (χ3v) is 5.55. The van der Waals surface area contributed by atoms with E-state index in [-0.39, 0.29) is 36.0 Å². The Morgan fingerprint density at radius 1 is 0.690 bits per heavy atom. The van der Waals surface area contributed by atoms with Crippen LogP contribution in [0.3, 0.4) is 0 Å². The highest BCUT2D eigenvalue weighted by Crippen LogP contribution is 2.31. The van der Waals surface area contributed by atoms with E-state index in [0.29, 0.717) is 17.5 Å². The van der Waals surface area contributed by atoms with E-state index in [1.54, 1.807) is 24.3 Å². The molecule has 29 heavy (non-hydrogen) atoms. The van der Waals surface area contributed by atoms with E-state index in [4.69, 9.17) is 9.47 Å². The van der Waals surface area contributed by atoms with Gasteiger partial charge in [0.05, 0.1) is 11.1 Å². The molecule has 4 atom stereocenters. The van der Waals surface area contributed by atoms with Gasteiger partial charge >= 0.3 is 11.9 Å². The van der Waals surface area contributed by atoms with Gasteiger partial charge in [-0.3, -0.25) is 0 Å². The fourth-order valence-electron chi connectivity index (χ4n) is 3.98. The Kier molecular flexibility index (Phi) is 8.91.